The van der Waals surface area contributed by atoms with Gasteiger partial charge in [-0.3, -0.25) is 0 Å². The highest BCUT2D eigenvalue weighted by Crippen LogP contribution is 2.23. The minimum absolute atomic E-state index is 0.670. The molecular formula is C15H19N3S. The summed E-state index contributed by atoms with van der Waals surface area (Å²) in [6.07, 6.45) is 1.16. The van der Waals surface area contributed by atoms with Gasteiger partial charge in [-0.15, -0.1) is 11.3 Å². The molecule has 0 aliphatic carbocycles. The van der Waals surface area contributed by atoms with Crippen LogP contribution in [-0.2, 0) is 13.0 Å². The SMILES string of the molecule is Cc1ncsc1CNCC1CNc2ccccc2C1. The van der Waals surface area contributed by atoms with Crippen molar-refractivity contribution in [1.29, 1.82) is 0 Å². The van der Waals surface area contributed by atoms with E-state index < -0.39 is 0 Å². The summed E-state index contributed by atoms with van der Waals surface area (Å²) in [5.74, 6) is 0.670. The van der Waals surface area contributed by atoms with Gasteiger partial charge in [0, 0.05) is 30.2 Å². The molecule has 4 heteroatoms. The maximum atomic E-state index is 4.28. The van der Waals surface area contributed by atoms with Crippen LogP contribution in [0.2, 0.25) is 0 Å². The number of nitrogens with zero attached hydrogens (tertiary/aromatic N) is 1. The van der Waals surface area contributed by atoms with Crippen LogP contribution in [0.4, 0.5) is 5.69 Å². The zero-order valence-electron chi connectivity index (χ0n) is 11.1. The summed E-state index contributed by atoms with van der Waals surface area (Å²) >= 11 is 1.74. The number of fused-ring (bicyclic) bond motifs is 1. The summed E-state index contributed by atoms with van der Waals surface area (Å²) < 4.78 is 0. The standard InChI is InChI=1S/C15H19N3S/c1-11-15(19-10-18-11)9-16-7-12-6-13-4-2-3-5-14(13)17-8-12/h2-5,10,12,16-17H,6-9H2,1H3. The quantitative estimate of drug-likeness (QED) is 0.899. The molecule has 0 bridgehead atoms. The molecule has 2 N–H and O–H groups in total. The highest BCUT2D eigenvalue weighted by Gasteiger charge is 2.17. The fraction of sp³-hybridized carbons (Fsp3) is 0.400. The van der Waals surface area contributed by atoms with Crippen LogP contribution in [-0.4, -0.2) is 18.1 Å². The highest BCUT2D eigenvalue weighted by molar-refractivity contribution is 7.09. The van der Waals surface area contributed by atoms with Crippen LogP contribution in [0.25, 0.3) is 0 Å². The lowest BCUT2D eigenvalue weighted by atomic mass is 9.94. The van der Waals surface area contributed by atoms with E-state index in [2.05, 4.69) is 46.8 Å². The van der Waals surface area contributed by atoms with Crippen LogP contribution in [0.1, 0.15) is 16.1 Å². The van der Waals surface area contributed by atoms with Gasteiger partial charge in [-0.25, -0.2) is 4.98 Å². The zero-order valence-corrected chi connectivity index (χ0v) is 12.0. The Kier molecular flexibility index (Phi) is 3.80. The van der Waals surface area contributed by atoms with Gasteiger partial charge in [0.1, 0.15) is 0 Å². The van der Waals surface area contributed by atoms with Crippen molar-refractivity contribution in [1.82, 2.24) is 10.3 Å². The van der Waals surface area contributed by atoms with Crippen molar-refractivity contribution in [3.05, 3.63) is 45.9 Å². The number of rotatable bonds is 4. The summed E-state index contributed by atoms with van der Waals surface area (Å²) in [5, 5.41) is 7.08. The van der Waals surface area contributed by atoms with Gasteiger partial charge in [-0.05, 0) is 30.9 Å². The van der Waals surface area contributed by atoms with E-state index >= 15 is 0 Å². The second kappa shape index (κ2) is 5.72. The van der Waals surface area contributed by atoms with E-state index in [9.17, 15) is 0 Å². The molecule has 0 saturated heterocycles. The van der Waals surface area contributed by atoms with Crippen LogP contribution >= 0.6 is 11.3 Å². The first-order valence-corrected chi connectivity index (χ1v) is 7.62. The third kappa shape index (κ3) is 2.96. The zero-order chi connectivity index (χ0) is 13.1. The number of thiazole rings is 1. The maximum absolute atomic E-state index is 4.28. The number of hydrogen-bond donors (Lipinski definition) is 2. The highest BCUT2D eigenvalue weighted by atomic mass is 32.1. The number of hydrogen-bond acceptors (Lipinski definition) is 4. The lowest BCUT2D eigenvalue weighted by molar-refractivity contribution is 0.484. The van der Waals surface area contributed by atoms with E-state index in [1.165, 1.54) is 16.1 Å². The number of para-hydroxylation sites is 1. The molecule has 0 saturated carbocycles. The van der Waals surface area contributed by atoms with Gasteiger partial charge in [0.05, 0.1) is 11.2 Å². The Balaban J connectivity index is 1.51. The van der Waals surface area contributed by atoms with Crippen LogP contribution in [0.3, 0.4) is 0 Å². The fourth-order valence-electron chi connectivity index (χ4n) is 2.54. The van der Waals surface area contributed by atoms with Crippen molar-refractivity contribution in [2.24, 2.45) is 5.92 Å². The average Bonchev–Trinajstić information content (AvgIpc) is 2.84. The Hall–Kier alpha value is -1.39. The molecule has 0 spiro atoms. The van der Waals surface area contributed by atoms with Crippen molar-refractivity contribution < 1.29 is 0 Å². The molecule has 1 atom stereocenters. The molecule has 1 aliphatic rings. The summed E-state index contributed by atoms with van der Waals surface area (Å²) in [6, 6.07) is 8.61. The van der Waals surface area contributed by atoms with E-state index in [-0.39, 0.29) is 0 Å². The van der Waals surface area contributed by atoms with Gasteiger partial charge in [0.25, 0.3) is 0 Å². The number of anilines is 1. The average molecular weight is 273 g/mol. The summed E-state index contributed by atoms with van der Waals surface area (Å²) in [5.41, 5.74) is 5.82. The molecule has 19 heavy (non-hydrogen) atoms. The minimum Gasteiger partial charge on any atom is -0.384 e. The number of nitrogens with one attached hydrogen (secondary N) is 2. The molecule has 0 amide bonds. The molecule has 100 valence electrons. The molecule has 1 aromatic heterocycles. The van der Waals surface area contributed by atoms with Crippen LogP contribution in [0.5, 0.6) is 0 Å². The van der Waals surface area contributed by atoms with Crippen LogP contribution in [0, 0.1) is 12.8 Å². The fourth-order valence-corrected chi connectivity index (χ4v) is 3.28. The lowest BCUT2D eigenvalue weighted by Crippen LogP contribution is -2.32. The van der Waals surface area contributed by atoms with Gasteiger partial charge in [-0.1, -0.05) is 18.2 Å². The second-order valence-electron chi connectivity index (χ2n) is 5.10. The Labute approximate surface area is 118 Å². The van der Waals surface area contributed by atoms with Crippen LogP contribution in [0.15, 0.2) is 29.8 Å². The summed E-state index contributed by atoms with van der Waals surface area (Å²) in [7, 11) is 0. The first-order valence-electron chi connectivity index (χ1n) is 6.74. The molecular weight excluding hydrogens is 254 g/mol. The maximum Gasteiger partial charge on any atom is 0.0798 e. The Morgan fingerprint density at radius 3 is 3.16 bits per heavy atom. The Bertz CT molecular complexity index is 550. The van der Waals surface area contributed by atoms with E-state index in [1.54, 1.807) is 11.3 Å². The van der Waals surface area contributed by atoms with E-state index in [1.807, 2.05) is 5.51 Å². The third-order valence-corrected chi connectivity index (χ3v) is 4.61. The normalized spacial score (nSPS) is 17.8. The van der Waals surface area contributed by atoms with E-state index in [0.29, 0.717) is 5.92 Å². The van der Waals surface area contributed by atoms with Gasteiger partial charge in [-0.2, -0.15) is 0 Å². The first kappa shape index (κ1) is 12.6. The lowest BCUT2D eigenvalue weighted by Gasteiger charge is -2.26. The van der Waals surface area contributed by atoms with Crippen molar-refractivity contribution in [2.45, 2.75) is 19.9 Å². The first-order chi connectivity index (χ1) is 9.33. The minimum atomic E-state index is 0.670. The predicted molar refractivity (Wildman–Crippen MR) is 80.7 cm³/mol. The predicted octanol–water partition coefficient (Wildman–Crippen LogP) is 2.83. The van der Waals surface area contributed by atoms with Crippen LogP contribution < -0.4 is 10.6 Å². The monoisotopic (exact) mass is 273 g/mol. The molecule has 0 radical (unpaired) electrons. The Morgan fingerprint density at radius 2 is 2.32 bits per heavy atom. The Morgan fingerprint density at radius 1 is 1.42 bits per heavy atom. The van der Waals surface area contributed by atoms with Gasteiger partial charge >= 0.3 is 0 Å². The molecule has 2 aromatic rings. The molecule has 1 unspecified atom stereocenters. The molecule has 0 fully saturated rings. The molecule has 1 aliphatic heterocycles. The topological polar surface area (TPSA) is 37.0 Å². The van der Waals surface area contributed by atoms with Crippen molar-refractivity contribution >= 4 is 17.0 Å². The van der Waals surface area contributed by atoms with Gasteiger partial charge < -0.3 is 10.6 Å². The van der Waals surface area contributed by atoms with E-state index in [4.69, 9.17) is 0 Å². The molecule has 2 heterocycles. The largest absolute Gasteiger partial charge is 0.384 e. The number of aromatic nitrogens is 1. The van der Waals surface area contributed by atoms with Gasteiger partial charge in [0.2, 0.25) is 0 Å². The summed E-state index contributed by atoms with van der Waals surface area (Å²) in [4.78, 5) is 5.63. The van der Waals surface area contributed by atoms with Crippen molar-refractivity contribution in [3.63, 3.8) is 0 Å². The van der Waals surface area contributed by atoms with Crippen molar-refractivity contribution in [3.8, 4) is 0 Å². The van der Waals surface area contributed by atoms with Crippen molar-refractivity contribution in [2.75, 3.05) is 18.4 Å². The molecule has 3 rings (SSSR count). The molecule has 3 nitrogen and oxygen atoms in total. The van der Waals surface area contributed by atoms with Gasteiger partial charge in [0.15, 0.2) is 0 Å². The third-order valence-electron chi connectivity index (χ3n) is 3.67. The van der Waals surface area contributed by atoms with E-state index in [0.717, 1.165) is 31.7 Å². The smallest absolute Gasteiger partial charge is 0.0798 e. The number of aryl methyl sites for hydroxylation is 1. The summed E-state index contributed by atoms with van der Waals surface area (Å²) in [6.45, 7) is 5.13. The number of benzene rings is 1. The molecule has 1 aromatic carbocycles. The second-order valence-corrected chi connectivity index (χ2v) is 6.04.